The third-order valence-electron chi connectivity index (χ3n) is 2.89. The SMILES string of the molecule is C=Cc1cccc(Cc2ccccc2)c1NC.CC. The number of hydrogen-bond donors (Lipinski definition) is 1. The average molecular weight is 253 g/mol. The molecule has 0 saturated heterocycles. The van der Waals surface area contributed by atoms with Crippen LogP contribution < -0.4 is 5.32 Å². The molecular formula is C18H23N. The summed E-state index contributed by atoms with van der Waals surface area (Å²) in [6, 6.07) is 16.8. The molecule has 0 aliphatic carbocycles. The van der Waals surface area contributed by atoms with Gasteiger partial charge in [0.2, 0.25) is 0 Å². The van der Waals surface area contributed by atoms with Crippen LogP contribution in [0.15, 0.2) is 55.1 Å². The average Bonchev–Trinajstić information content (AvgIpc) is 2.50. The highest BCUT2D eigenvalue weighted by Gasteiger charge is 2.05. The maximum Gasteiger partial charge on any atom is 0.0446 e. The molecule has 19 heavy (non-hydrogen) atoms. The van der Waals surface area contributed by atoms with Crippen LogP contribution in [0.1, 0.15) is 30.5 Å². The lowest BCUT2D eigenvalue weighted by atomic mass is 10.00. The molecule has 0 unspecified atom stereocenters. The van der Waals surface area contributed by atoms with Crippen LogP contribution in [0.3, 0.4) is 0 Å². The minimum Gasteiger partial charge on any atom is -0.387 e. The Kier molecular flexibility index (Phi) is 6.45. The fraction of sp³-hybridized carbons (Fsp3) is 0.222. The topological polar surface area (TPSA) is 12.0 Å². The second kappa shape index (κ2) is 8.15. The van der Waals surface area contributed by atoms with E-state index in [0.29, 0.717) is 0 Å². The zero-order valence-corrected chi connectivity index (χ0v) is 12.1. The molecule has 2 aromatic carbocycles. The summed E-state index contributed by atoms with van der Waals surface area (Å²) in [6.45, 7) is 7.85. The Labute approximate surface area is 117 Å². The summed E-state index contributed by atoms with van der Waals surface area (Å²) in [5, 5.41) is 3.26. The predicted molar refractivity (Wildman–Crippen MR) is 86.7 cm³/mol. The number of para-hydroxylation sites is 1. The van der Waals surface area contributed by atoms with Crippen molar-refractivity contribution in [1.29, 1.82) is 0 Å². The molecule has 0 radical (unpaired) electrons. The van der Waals surface area contributed by atoms with Gasteiger partial charge in [0, 0.05) is 12.7 Å². The van der Waals surface area contributed by atoms with Gasteiger partial charge in [0.1, 0.15) is 0 Å². The molecule has 0 aliphatic heterocycles. The number of benzene rings is 2. The largest absolute Gasteiger partial charge is 0.387 e. The molecule has 0 bridgehead atoms. The summed E-state index contributed by atoms with van der Waals surface area (Å²) in [5.41, 5.74) is 4.95. The first kappa shape index (κ1) is 15.0. The molecule has 0 saturated carbocycles. The van der Waals surface area contributed by atoms with E-state index in [1.54, 1.807) is 0 Å². The fourth-order valence-corrected chi connectivity index (χ4v) is 2.06. The van der Waals surface area contributed by atoms with Gasteiger partial charge in [0.25, 0.3) is 0 Å². The first-order valence-electron chi connectivity index (χ1n) is 6.81. The Morgan fingerprint density at radius 3 is 2.26 bits per heavy atom. The summed E-state index contributed by atoms with van der Waals surface area (Å²) >= 11 is 0. The van der Waals surface area contributed by atoms with Gasteiger partial charge in [-0.05, 0) is 23.1 Å². The molecule has 2 aromatic rings. The zero-order chi connectivity index (χ0) is 14.1. The van der Waals surface area contributed by atoms with Crippen molar-refractivity contribution in [2.24, 2.45) is 0 Å². The summed E-state index contributed by atoms with van der Waals surface area (Å²) in [5.74, 6) is 0. The Hall–Kier alpha value is -2.02. The van der Waals surface area contributed by atoms with E-state index in [1.807, 2.05) is 33.0 Å². The lowest BCUT2D eigenvalue weighted by Gasteiger charge is -2.12. The smallest absolute Gasteiger partial charge is 0.0446 e. The number of nitrogens with one attached hydrogen (secondary N) is 1. The van der Waals surface area contributed by atoms with Crippen molar-refractivity contribution in [2.75, 3.05) is 12.4 Å². The van der Waals surface area contributed by atoms with Crippen molar-refractivity contribution in [2.45, 2.75) is 20.3 Å². The minimum absolute atomic E-state index is 0.943. The van der Waals surface area contributed by atoms with Gasteiger partial charge in [-0.3, -0.25) is 0 Å². The van der Waals surface area contributed by atoms with Gasteiger partial charge in [-0.1, -0.05) is 75.0 Å². The summed E-state index contributed by atoms with van der Waals surface area (Å²) < 4.78 is 0. The Morgan fingerprint density at radius 2 is 1.68 bits per heavy atom. The fourth-order valence-electron chi connectivity index (χ4n) is 2.06. The van der Waals surface area contributed by atoms with Crippen molar-refractivity contribution in [3.05, 3.63) is 71.8 Å². The zero-order valence-electron chi connectivity index (χ0n) is 12.1. The second-order valence-electron chi connectivity index (χ2n) is 4.00. The third kappa shape index (κ3) is 3.99. The summed E-state index contributed by atoms with van der Waals surface area (Å²) in [4.78, 5) is 0. The van der Waals surface area contributed by atoms with E-state index in [-0.39, 0.29) is 0 Å². The van der Waals surface area contributed by atoms with Crippen LogP contribution in [0, 0.1) is 0 Å². The van der Waals surface area contributed by atoms with Gasteiger partial charge in [-0.2, -0.15) is 0 Å². The van der Waals surface area contributed by atoms with Crippen molar-refractivity contribution in [1.82, 2.24) is 0 Å². The number of anilines is 1. The minimum atomic E-state index is 0.943. The van der Waals surface area contributed by atoms with Crippen LogP contribution in [0.2, 0.25) is 0 Å². The van der Waals surface area contributed by atoms with Crippen LogP contribution in [0.5, 0.6) is 0 Å². The highest BCUT2D eigenvalue weighted by Crippen LogP contribution is 2.24. The lowest BCUT2D eigenvalue weighted by molar-refractivity contribution is 1.19. The molecule has 0 spiro atoms. The molecule has 0 fully saturated rings. The van der Waals surface area contributed by atoms with Crippen molar-refractivity contribution < 1.29 is 0 Å². The van der Waals surface area contributed by atoms with E-state index in [0.717, 1.165) is 12.0 Å². The third-order valence-corrected chi connectivity index (χ3v) is 2.89. The molecule has 2 rings (SSSR count). The molecule has 0 heterocycles. The van der Waals surface area contributed by atoms with E-state index in [9.17, 15) is 0 Å². The second-order valence-corrected chi connectivity index (χ2v) is 4.00. The van der Waals surface area contributed by atoms with Crippen LogP contribution in [0.4, 0.5) is 5.69 Å². The molecule has 0 atom stereocenters. The van der Waals surface area contributed by atoms with Gasteiger partial charge in [0.05, 0.1) is 0 Å². The van der Waals surface area contributed by atoms with Crippen molar-refractivity contribution in [3.8, 4) is 0 Å². The van der Waals surface area contributed by atoms with Crippen LogP contribution >= 0.6 is 0 Å². The molecule has 1 N–H and O–H groups in total. The van der Waals surface area contributed by atoms with E-state index in [2.05, 4.69) is 54.4 Å². The normalized spacial score (nSPS) is 9.21. The number of rotatable bonds is 4. The highest BCUT2D eigenvalue weighted by atomic mass is 14.8. The molecule has 1 nitrogen and oxygen atoms in total. The highest BCUT2D eigenvalue weighted by molar-refractivity contribution is 5.69. The molecular weight excluding hydrogens is 230 g/mol. The van der Waals surface area contributed by atoms with Gasteiger partial charge < -0.3 is 5.32 Å². The molecule has 1 heteroatoms. The van der Waals surface area contributed by atoms with Gasteiger partial charge in [-0.15, -0.1) is 0 Å². The van der Waals surface area contributed by atoms with Gasteiger partial charge in [-0.25, -0.2) is 0 Å². The maximum absolute atomic E-state index is 3.85. The van der Waals surface area contributed by atoms with E-state index < -0.39 is 0 Å². The monoisotopic (exact) mass is 253 g/mol. The maximum atomic E-state index is 3.85. The van der Waals surface area contributed by atoms with Crippen LogP contribution in [0.25, 0.3) is 6.08 Å². The van der Waals surface area contributed by atoms with Crippen molar-refractivity contribution in [3.63, 3.8) is 0 Å². The Bertz CT molecular complexity index is 500. The predicted octanol–water partition coefficient (Wildman–Crippen LogP) is 4.99. The van der Waals surface area contributed by atoms with Crippen LogP contribution in [-0.2, 0) is 6.42 Å². The standard InChI is InChI=1S/C16H17N.C2H6/c1-3-14-10-7-11-15(16(14)17-2)12-13-8-5-4-6-9-13;1-2/h3-11,17H,1,12H2,2H3;1-2H3. The lowest BCUT2D eigenvalue weighted by Crippen LogP contribution is -1.99. The van der Waals surface area contributed by atoms with Crippen LogP contribution in [-0.4, -0.2) is 7.05 Å². The van der Waals surface area contributed by atoms with E-state index in [1.165, 1.54) is 16.8 Å². The Balaban J connectivity index is 0.000000861. The first-order chi connectivity index (χ1) is 9.35. The molecule has 0 aromatic heterocycles. The van der Waals surface area contributed by atoms with E-state index in [4.69, 9.17) is 0 Å². The molecule has 0 aliphatic rings. The van der Waals surface area contributed by atoms with E-state index >= 15 is 0 Å². The molecule has 100 valence electrons. The first-order valence-corrected chi connectivity index (χ1v) is 6.81. The van der Waals surface area contributed by atoms with Gasteiger partial charge in [0.15, 0.2) is 0 Å². The van der Waals surface area contributed by atoms with Crippen molar-refractivity contribution >= 4 is 11.8 Å². The van der Waals surface area contributed by atoms with Gasteiger partial charge >= 0.3 is 0 Å². The molecule has 0 amide bonds. The summed E-state index contributed by atoms with van der Waals surface area (Å²) in [6.07, 6.45) is 2.83. The Morgan fingerprint density at radius 1 is 1.00 bits per heavy atom. The number of hydrogen-bond acceptors (Lipinski definition) is 1. The quantitative estimate of drug-likeness (QED) is 0.809. The summed E-state index contributed by atoms with van der Waals surface area (Å²) in [7, 11) is 1.96.